The van der Waals surface area contributed by atoms with E-state index in [9.17, 15) is 4.79 Å². The number of hydrogen-bond donors (Lipinski definition) is 0. The van der Waals surface area contributed by atoms with Crippen molar-refractivity contribution in [1.29, 1.82) is 0 Å². The zero-order valence-electron chi connectivity index (χ0n) is 11.4. The number of thiophene rings is 1. The summed E-state index contributed by atoms with van der Waals surface area (Å²) < 4.78 is 5.38. The van der Waals surface area contributed by atoms with Gasteiger partial charge in [-0.05, 0) is 37.3 Å². The maximum Gasteiger partial charge on any atom is 0.192 e. The molecule has 0 bridgehead atoms. The minimum absolute atomic E-state index is 0.255. The molecule has 2 heterocycles. The molecule has 18 heavy (non-hydrogen) atoms. The molecule has 1 atom stereocenters. The molecule has 100 valence electrons. The normalized spacial score (nSPS) is 20.6. The van der Waals surface area contributed by atoms with E-state index in [4.69, 9.17) is 4.74 Å². The number of ketones is 1. The SMILES string of the molecule is CCC(C)(C(=O)c1cc(C)cs1)N1CCOCC1. The first kappa shape index (κ1) is 13.7. The van der Waals surface area contributed by atoms with Crippen LogP contribution >= 0.6 is 11.3 Å². The van der Waals surface area contributed by atoms with Gasteiger partial charge in [0.15, 0.2) is 5.78 Å². The molecule has 1 aliphatic heterocycles. The highest BCUT2D eigenvalue weighted by Gasteiger charge is 2.39. The molecular weight excluding hydrogens is 246 g/mol. The second kappa shape index (κ2) is 5.51. The third kappa shape index (κ3) is 2.51. The van der Waals surface area contributed by atoms with E-state index in [0.29, 0.717) is 0 Å². The van der Waals surface area contributed by atoms with Gasteiger partial charge < -0.3 is 4.74 Å². The molecule has 0 spiro atoms. The minimum atomic E-state index is -0.388. The molecule has 0 aromatic carbocycles. The van der Waals surface area contributed by atoms with Gasteiger partial charge >= 0.3 is 0 Å². The largest absolute Gasteiger partial charge is 0.379 e. The van der Waals surface area contributed by atoms with Crippen molar-refractivity contribution in [2.45, 2.75) is 32.7 Å². The van der Waals surface area contributed by atoms with Gasteiger partial charge in [0.2, 0.25) is 0 Å². The van der Waals surface area contributed by atoms with Crippen LogP contribution in [0, 0.1) is 6.92 Å². The van der Waals surface area contributed by atoms with Crippen molar-refractivity contribution in [2.75, 3.05) is 26.3 Å². The molecule has 2 rings (SSSR count). The third-order valence-electron chi connectivity index (χ3n) is 3.84. The molecule has 0 saturated carbocycles. The minimum Gasteiger partial charge on any atom is -0.379 e. The van der Waals surface area contributed by atoms with Gasteiger partial charge in [-0.3, -0.25) is 9.69 Å². The van der Waals surface area contributed by atoms with Crippen LogP contribution in [0.5, 0.6) is 0 Å². The summed E-state index contributed by atoms with van der Waals surface area (Å²) in [7, 11) is 0. The molecule has 0 radical (unpaired) electrons. The van der Waals surface area contributed by atoms with Gasteiger partial charge in [0, 0.05) is 13.1 Å². The van der Waals surface area contributed by atoms with Gasteiger partial charge in [-0.25, -0.2) is 0 Å². The maximum atomic E-state index is 12.7. The number of aryl methyl sites for hydroxylation is 1. The molecule has 1 aliphatic rings. The zero-order valence-corrected chi connectivity index (χ0v) is 12.2. The Balaban J connectivity index is 2.22. The van der Waals surface area contributed by atoms with Crippen LogP contribution in [0.2, 0.25) is 0 Å². The van der Waals surface area contributed by atoms with Crippen LogP contribution in [-0.4, -0.2) is 42.5 Å². The summed E-state index contributed by atoms with van der Waals surface area (Å²) in [5.41, 5.74) is 0.782. The lowest BCUT2D eigenvalue weighted by Crippen LogP contribution is -2.55. The molecule has 0 N–H and O–H groups in total. The molecule has 1 aromatic heterocycles. The van der Waals surface area contributed by atoms with E-state index in [1.54, 1.807) is 11.3 Å². The molecule has 4 heteroatoms. The van der Waals surface area contributed by atoms with E-state index < -0.39 is 0 Å². The van der Waals surface area contributed by atoms with Crippen LogP contribution in [0.25, 0.3) is 0 Å². The highest BCUT2D eigenvalue weighted by molar-refractivity contribution is 7.12. The molecule has 1 fully saturated rings. The maximum absolute atomic E-state index is 12.7. The standard InChI is InChI=1S/C14H21NO2S/c1-4-14(3,15-5-7-17-8-6-15)13(16)12-9-11(2)10-18-12/h9-10H,4-8H2,1-3H3. The van der Waals surface area contributed by atoms with E-state index in [1.807, 2.05) is 18.4 Å². The molecule has 1 unspecified atom stereocenters. The Hall–Kier alpha value is -0.710. The predicted octanol–water partition coefficient (Wildman–Crippen LogP) is 2.74. The average Bonchev–Trinajstić information content (AvgIpc) is 2.84. The van der Waals surface area contributed by atoms with Crippen LogP contribution in [-0.2, 0) is 4.74 Å². The summed E-state index contributed by atoms with van der Waals surface area (Å²) in [6.45, 7) is 9.34. The molecule has 0 amide bonds. The molecular formula is C14H21NO2S. The number of hydrogen-bond acceptors (Lipinski definition) is 4. The summed E-state index contributed by atoms with van der Waals surface area (Å²) in [5, 5.41) is 2.04. The van der Waals surface area contributed by atoms with E-state index in [-0.39, 0.29) is 11.3 Å². The Morgan fingerprint density at radius 3 is 2.67 bits per heavy atom. The Morgan fingerprint density at radius 2 is 2.17 bits per heavy atom. The van der Waals surface area contributed by atoms with Crippen LogP contribution < -0.4 is 0 Å². The summed E-state index contributed by atoms with van der Waals surface area (Å²) >= 11 is 1.56. The van der Waals surface area contributed by atoms with Crippen molar-refractivity contribution < 1.29 is 9.53 Å². The first-order valence-corrected chi connectivity index (χ1v) is 7.38. The number of carbonyl (C=O) groups excluding carboxylic acids is 1. The number of carbonyl (C=O) groups is 1. The van der Waals surface area contributed by atoms with E-state index >= 15 is 0 Å². The number of Topliss-reactive ketones (excluding diaryl/α,β-unsaturated/α-hetero) is 1. The first-order chi connectivity index (χ1) is 8.58. The quantitative estimate of drug-likeness (QED) is 0.786. The van der Waals surface area contributed by atoms with Crippen molar-refractivity contribution in [1.82, 2.24) is 4.90 Å². The van der Waals surface area contributed by atoms with Gasteiger partial charge in [0.1, 0.15) is 0 Å². The molecule has 0 aliphatic carbocycles. The zero-order chi connectivity index (χ0) is 13.2. The monoisotopic (exact) mass is 267 g/mol. The first-order valence-electron chi connectivity index (χ1n) is 6.50. The Labute approximate surface area is 113 Å². The number of ether oxygens (including phenoxy) is 1. The Kier molecular flexibility index (Phi) is 4.20. The van der Waals surface area contributed by atoms with E-state index in [2.05, 4.69) is 18.7 Å². The second-order valence-electron chi connectivity index (χ2n) is 5.04. The lowest BCUT2D eigenvalue weighted by molar-refractivity contribution is -0.0104. The van der Waals surface area contributed by atoms with Crippen molar-refractivity contribution in [2.24, 2.45) is 0 Å². The number of nitrogens with zero attached hydrogens (tertiary/aromatic N) is 1. The third-order valence-corrected chi connectivity index (χ3v) is 4.89. The highest BCUT2D eigenvalue weighted by atomic mass is 32.1. The summed E-state index contributed by atoms with van der Waals surface area (Å²) in [4.78, 5) is 15.9. The number of rotatable bonds is 4. The van der Waals surface area contributed by atoms with Crippen LogP contribution in [0.1, 0.15) is 35.5 Å². The van der Waals surface area contributed by atoms with Gasteiger partial charge in [-0.1, -0.05) is 6.92 Å². The van der Waals surface area contributed by atoms with Crippen molar-refractivity contribution in [3.8, 4) is 0 Å². The summed E-state index contributed by atoms with van der Waals surface area (Å²) in [5.74, 6) is 0.255. The van der Waals surface area contributed by atoms with Crippen molar-refractivity contribution in [3.05, 3.63) is 21.9 Å². The van der Waals surface area contributed by atoms with Crippen LogP contribution in [0.15, 0.2) is 11.4 Å². The smallest absolute Gasteiger partial charge is 0.192 e. The molecule has 3 nitrogen and oxygen atoms in total. The fraction of sp³-hybridized carbons (Fsp3) is 0.643. The van der Waals surface area contributed by atoms with Gasteiger partial charge in [-0.2, -0.15) is 0 Å². The van der Waals surface area contributed by atoms with Crippen LogP contribution in [0.3, 0.4) is 0 Å². The fourth-order valence-corrected chi connectivity index (χ4v) is 3.36. The topological polar surface area (TPSA) is 29.5 Å². The highest BCUT2D eigenvalue weighted by Crippen LogP contribution is 2.28. The Bertz CT molecular complexity index is 423. The fourth-order valence-electron chi connectivity index (χ4n) is 2.40. The lowest BCUT2D eigenvalue weighted by atomic mass is 9.89. The second-order valence-corrected chi connectivity index (χ2v) is 5.96. The van der Waals surface area contributed by atoms with Crippen LogP contribution in [0.4, 0.5) is 0 Å². The predicted molar refractivity (Wildman–Crippen MR) is 74.5 cm³/mol. The number of morpholine rings is 1. The lowest BCUT2D eigenvalue weighted by Gasteiger charge is -2.41. The van der Waals surface area contributed by atoms with Gasteiger partial charge in [-0.15, -0.1) is 11.3 Å². The molecule has 1 saturated heterocycles. The average molecular weight is 267 g/mol. The molecule has 1 aromatic rings. The summed E-state index contributed by atoms with van der Waals surface area (Å²) in [6, 6.07) is 2.00. The van der Waals surface area contributed by atoms with Gasteiger partial charge in [0.05, 0.1) is 23.6 Å². The van der Waals surface area contributed by atoms with E-state index in [0.717, 1.165) is 37.6 Å². The Morgan fingerprint density at radius 1 is 1.50 bits per heavy atom. The summed E-state index contributed by atoms with van der Waals surface area (Å²) in [6.07, 6.45) is 0.836. The van der Waals surface area contributed by atoms with Gasteiger partial charge in [0.25, 0.3) is 0 Å². The van der Waals surface area contributed by atoms with E-state index in [1.165, 1.54) is 5.56 Å². The van der Waals surface area contributed by atoms with Crippen molar-refractivity contribution >= 4 is 17.1 Å². The van der Waals surface area contributed by atoms with Crippen molar-refractivity contribution in [3.63, 3.8) is 0 Å².